The Bertz CT molecular complexity index is 300. The minimum atomic E-state index is -3.44. The van der Waals surface area contributed by atoms with E-state index in [1.165, 1.54) is 7.11 Å². The van der Waals surface area contributed by atoms with Crippen molar-refractivity contribution in [3.05, 3.63) is 0 Å². The van der Waals surface area contributed by atoms with Crippen molar-refractivity contribution in [1.29, 1.82) is 10.5 Å². The molecule has 0 aliphatic heterocycles. The Hall–Kier alpha value is -1.32. The first-order chi connectivity index (χ1) is 7.96. The molecule has 2 atom stereocenters. The Morgan fingerprint density at radius 2 is 2.00 bits per heavy atom. The second kappa shape index (κ2) is 7.87. The molecule has 0 fully saturated rings. The van der Waals surface area contributed by atoms with Gasteiger partial charge in [0.05, 0.1) is 31.9 Å². The summed E-state index contributed by atoms with van der Waals surface area (Å²) in [5, 5.41) is 19.2. The molecule has 2 unspecified atom stereocenters. The van der Waals surface area contributed by atoms with Gasteiger partial charge in [0.25, 0.3) is 0 Å². The zero-order valence-corrected chi connectivity index (χ0v) is 9.32. The third-order valence-corrected chi connectivity index (χ3v) is 1.78. The van der Waals surface area contributed by atoms with Gasteiger partial charge in [-0.05, 0) is 0 Å². The summed E-state index contributed by atoms with van der Waals surface area (Å²) in [7, 11) is 1.36. The summed E-state index contributed by atoms with van der Waals surface area (Å²) in [6, 6.07) is 0.871. The van der Waals surface area contributed by atoms with Crippen LogP contribution >= 0.6 is 0 Å². The molecule has 3 N–H and O–H groups in total. The van der Waals surface area contributed by atoms with Crippen LogP contribution in [0.25, 0.3) is 0 Å². The van der Waals surface area contributed by atoms with Crippen LogP contribution in [-0.4, -0.2) is 45.1 Å². The molecule has 0 amide bonds. The smallest absolute Gasteiger partial charge is 0.368 e. The molecule has 0 heterocycles. The van der Waals surface area contributed by atoms with Gasteiger partial charge in [-0.15, -0.1) is 0 Å². The van der Waals surface area contributed by atoms with Crippen LogP contribution in [0.15, 0.2) is 0 Å². The van der Waals surface area contributed by atoms with Crippen LogP contribution in [0, 0.1) is 22.7 Å². The van der Waals surface area contributed by atoms with Crippen LogP contribution in [0.5, 0.6) is 0 Å². The van der Waals surface area contributed by atoms with Crippen LogP contribution in [0.2, 0.25) is 0 Å². The molecule has 0 aliphatic carbocycles. The highest BCUT2D eigenvalue weighted by molar-refractivity contribution is 5.07. The lowest BCUT2D eigenvalue weighted by atomic mass is 10.2. The highest BCUT2D eigenvalue weighted by atomic mass is 19.3. The van der Waals surface area contributed by atoms with E-state index in [0.29, 0.717) is 0 Å². The number of ether oxygens (including phenoxy) is 2. The Morgan fingerprint density at radius 1 is 1.35 bits per heavy atom. The molecule has 0 saturated carbocycles. The molecule has 6 nitrogen and oxygen atoms in total. The first kappa shape index (κ1) is 15.7. The zero-order valence-electron chi connectivity index (χ0n) is 9.32. The predicted molar refractivity (Wildman–Crippen MR) is 53.8 cm³/mol. The molecule has 0 saturated heterocycles. The zero-order chi connectivity index (χ0) is 13.3. The summed E-state index contributed by atoms with van der Waals surface area (Å²) in [6.45, 7) is -1.13. The summed E-state index contributed by atoms with van der Waals surface area (Å²) < 4.78 is 34.8. The van der Waals surface area contributed by atoms with Crippen molar-refractivity contribution in [2.24, 2.45) is 5.73 Å². The standard InChI is InChI=1S/C9H14F2N4O2/c1-16-2-3-17-9(10,11)6-15-8(5-13)7(14)4-12/h7-8,15H,2-3,6,14H2,1H3. The molecule has 0 spiro atoms. The molecule has 0 radical (unpaired) electrons. The lowest BCUT2D eigenvalue weighted by molar-refractivity contribution is -0.238. The Morgan fingerprint density at radius 3 is 2.47 bits per heavy atom. The molecule has 0 aromatic carbocycles. The van der Waals surface area contributed by atoms with E-state index in [9.17, 15) is 8.78 Å². The first-order valence-corrected chi connectivity index (χ1v) is 4.75. The number of nitriles is 2. The average molecular weight is 248 g/mol. The molecule has 17 heavy (non-hydrogen) atoms. The van der Waals surface area contributed by atoms with Crippen molar-refractivity contribution in [2.75, 3.05) is 26.9 Å². The highest BCUT2D eigenvalue weighted by Crippen LogP contribution is 2.13. The number of hydrogen-bond donors (Lipinski definition) is 2. The van der Waals surface area contributed by atoms with Crippen molar-refractivity contribution in [3.63, 3.8) is 0 Å². The maximum atomic E-state index is 13.0. The second-order valence-corrected chi connectivity index (χ2v) is 3.12. The largest absolute Gasteiger partial charge is 0.382 e. The van der Waals surface area contributed by atoms with Crippen LogP contribution in [0.3, 0.4) is 0 Å². The van der Waals surface area contributed by atoms with Crippen molar-refractivity contribution in [2.45, 2.75) is 18.2 Å². The number of nitrogens with zero attached hydrogens (tertiary/aromatic N) is 2. The minimum absolute atomic E-state index is 0.0367. The monoisotopic (exact) mass is 248 g/mol. The lowest BCUT2D eigenvalue weighted by Gasteiger charge is -2.20. The number of methoxy groups -OCH3 is 1. The average Bonchev–Trinajstić information content (AvgIpc) is 2.29. The molecule has 0 aromatic heterocycles. The van der Waals surface area contributed by atoms with E-state index < -0.39 is 24.7 Å². The van der Waals surface area contributed by atoms with Gasteiger partial charge in [0.2, 0.25) is 0 Å². The fraction of sp³-hybridized carbons (Fsp3) is 0.778. The number of nitrogens with two attached hydrogens (primary N) is 1. The van der Waals surface area contributed by atoms with Crippen molar-refractivity contribution in [3.8, 4) is 12.1 Å². The van der Waals surface area contributed by atoms with Gasteiger partial charge in [0, 0.05) is 7.11 Å². The lowest BCUT2D eigenvalue weighted by Crippen LogP contribution is -2.48. The number of rotatable bonds is 8. The third-order valence-electron chi connectivity index (χ3n) is 1.78. The quantitative estimate of drug-likeness (QED) is 0.565. The van der Waals surface area contributed by atoms with E-state index in [-0.39, 0.29) is 13.2 Å². The molecule has 0 bridgehead atoms. The van der Waals surface area contributed by atoms with Crippen LogP contribution in [0.1, 0.15) is 0 Å². The third kappa shape index (κ3) is 6.76. The van der Waals surface area contributed by atoms with E-state index in [4.69, 9.17) is 16.3 Å². The van der Waals surface area contributed by atoms with Crippen molar-refractivity contribution >= 4 is 0 Å². The molecule has 0 rings (SSSR count). The fourth-order valence-corrected chi connectivity index (χ4v) is 0.882. The van der Waals surface area contributed by atoms with E-state index in [0.717, 1.165) is 0 Å². The van der Waals surface area contributed by atoms with Gasteiger partial charge in [-0.3, -0.25) is 5.32 Å². The number of nitrogens with one attached hydrogen (secondary N) is 1. The van der Waals surface area contributed by atoms with Gasteiger partial charge < -0.3 is 15.2 Å². The number of halogens is 2. The summed E-state index contributed by atoms with van der Waals surface area (Å²) in [5.41, 5.74) is 5.23. The van der Waals surface area contributed by atoms with Gasteiger partial charge in [0.15, 0.2) is 0 Å². The van der Waals surface area contributed by atoms with Crippen molar-refractivity contribution in [1.82, 2.24) is 5.32 Å². The highest BCUT2D eigenvalue weighted by Gasteiger charge is 2.31. The maximum Gasteiger partial charge on any atom is 0.368 e. The van der Waals surface area contributed by atoms with Gasteiger partial charge >= 0.3 is 6.11 Å². The Kier molecular flexibility index (Phi) is 7.26. The summed E-state index contributed by atoms with van der Waals surface area (Å²) in [5.74, 6) is 0. The summed E-state index contributed by atoms with van der Waals surface area (Å²) in [4.78, 5) is 0. The second-order valence-electron chi connectivity index (χ2n) is 3.12. The van der Waals surface area contributed by atoms with Crippen LogP contribution in [0.4, 0.5) is 8.78 Å². The molecular formula is C9H14F2N4O2. The topological polar surface area (TPSA) is 104 Å². The Balaban J connectivity index is 4.07. The van der Waals surface area contributed by atoms with Gasteiger partial charge in [-0.2, -0.15) is 19.3 Å². The normalized spacial score (nSPS) is 14.7. The minimum Gasteiger partial charge on any atom is -0.382 e. The molecule has 0 aliphatic rings. The van der Waals surface area contributed by atoms with Crippen LogP contribution in [-0.2, 0) is 9.47 Å². The predicted octanol–water partition coefficient (Wildman–Crippen LogP) is -0.425. The van der Waals surface area contributed by atoms with Crippen LogP contribution < -0.4 is 11.1 Å². The van der Waals surface area contributed by atoms with E-state index in [1.807, 2.05) is 0 Å². The molecule has 0 aromatic rings. The van der Waals surface area contributed by atoms with Gasteiger partial charge in [-0.1, -0.05) is 0 Å². The Labute approximate surface area is 97.9 Å². The molecule has 96 valence electrons. The van der Waals surface area contributed by atoms with E-state index in [1.54, 1.807) is 12.1 Å². The van der Waals surface area contributed by atoms with Gasteiger partial charge in [-0.25, -0.2) is 0 Å². The summed E-state index contributed by atoms with van der Waals surface area (Å²) >= 11 is 0. The first-order valence-electron chi connectivity index (χ1n) is 4.75. The van der Waals surface area contributed by atoms with Gasteiger partial charge in [0.1, 0.15) is 12.1 Å². The summed E-state index contributed by atoms with van der Waals surface area (Å²) in [6.07, 6.45) is -3.44. The SMILES string of the molecule is COCCOC(F)(F)CNC(C#N)C(N)C#N. The fourth-order valence-electron chi connectivity index (χ4n) is 0.882. The van der Waals surface area contributed by atoms with Crippen molar-refractivity contribution < 1.29 is 18.3 Å². The number of hydrogen-bond acceptors (Lipinski definition) is 6. The molecule has 8 heteroatoms. The van der Waals surface area contributed by atoms with E-state index in [2.05, 4.69) is 14.8 Å². The molecular weight excluding hydrogens is 234 g/mol. The maximum absolute atomic E-state index is 13.0. The van der Waals surface area contributed by atoms with E-state index >= 15 is 0 Å². The number of alkyl halides is 2.